The quantitative estimate of drug-likeness (QED) is 0.542. The molecule has 6 heteroatoms. The van der Waals surface area contributed by atoms with Gasteiger partial charge in [-0.1, -0.05) is 48.0 Å². The highest BCUT2D eigenvalue weighted by Gasteiger charge is 2.28. The maximum absolute atomic E-state index is 12.7. The third kappa shape index (κ3) is 3.41. The summed E-state index contributed by atoms with van der Waals surface area (Å²) in [5, 5.41) is 4.12. The number of rotatable bonds is 3. The van der Waals surface area contributed by atoms with Crippen LogP contribution in [0.25, 0.3) is 10.9 Å². The smallest absolute Gasteiger partial charge is 0.230 e. The van der Waals surface area contributed by atoms with Gasteiger partial charge in [-0.2, -0.15) is 0 Å². The summed E-state index contributed by atoms with van der Waals surface area (Å²) < 4.78 is 0. The van der Waals surface area contributed by atoms with Crippen LogP contribution in [0.3, 0.4) is 0 Å². The molecule has 148 valence electrons. The van der Waals surface area contributed by atoms with Gasteiger partial charge in [0.05, 0.1) is 22.5 Å². The number of carbonyl (C=O) groups is 1. The molecule has 5 rings (SSSR count). The van der Waals surface area contributed by atoms with Crippen LogP contribution in [-0.4, -0.2) is 25.7 Å². The van der Waals surface area contributed by atoms with E-state index >= 15 is 0 Å². The number of aromatic nitrogens is 4. The van der Waals surface area contributed by atoms with E-state index in [1.807, 2.05) is 31.2 Å². The fourth-order valence-corrected chi connectivity index (χ4v) is 3.97. The molecule has 0 radical (unpaired) electrons. The first-order valence-corrected chi connectivity index (χ1v) is 10.0. The molecule has 0 saturated heterocycles. The summed E-state index contributed by atoms with van der Waals surface area (Å²) in [6.45, 7) is 4.01. The summed E-state index contributed by atoms with van der Waals surface area (Å²) in [4.78, 5) is 30.7. The molecule has 2 aromatic heterocycles. The number of Topliss-reactive ketones (excluding diaryl/α,β-unsaturated/α-hetero) is 1. The third-order valence-corrected chi connectivity index (χ3v) is 5.61. The molecule has 0 amide bonds. The predicted molar refractivity (Wildman–Crippen MR) is 116 cm³/mol. The van der Waals surface area contributed by atoms with Crippen molar-refractivity contribution in [2.45, 2.75) is 32.6 Å². The molecule has 2 aromatic carbocycles. The topological polar surface area (TPSA) is 80.7 Å². The highest BCUT2D eigenvalue weighted by molar-refractivity contribution is 5.98. The van der Waals surface area contributed by atoms with Gasteiger partial charge < -0.3 is 0 Å². The second kappa shape index (κ2) is 7.30. The van der Waals surface area contributed by atoms with Crippen molar-refractivity contribution in [1.82, 2.24) is 19.9 Å². The number of para-hydroxylation sites is 1. The van der Waals surface area contributed by atoms with Crippen LogP contribution in [0.1, 0.15) is 45.2 Å². The van der Waals surface area contributed by atoms with E-state index in [1.54, 1.807) is 6.20 Å². The van der Waals surface area contributed by atoms with Crippen LogP contribution in [-0.2, 0) is 6.42 Å². The lowest BCUT2D eigenvalue weighted by Gasteiger charge is -2.23. The molecule has 4 aromatic rings. The van der Waals surface area contributed by atoms with Gasteiger partial charge in [0.2, 0.25) is 11.9 Å². The normalized spacial score (nSPS) is 15.8. The minimum absolute atomic E-state index is 0.0891. The molecule has 0 aliphatic heterocycles. The Hall–Kier alpha value is -3.67. The summed E-state index contributed by atoms with van der Waals surface area (Å²) in [6, 6.07) is 16.2. The van der Waals surface area contributed by atoms with Crippen molar-refractivity contribution in [3.05, 3.63) is 82.8 Å². The Balaban J connectivity index is 1.45. The number of anilines is 2. The summed E-state index contributed by atoms with van der Waals surface area (Å²) >= 11 is 0. The molecule has 30 heavy (non-hydrogen) atoms. The van der Waals surface area contributed by atoms with Crippen molar-refractivity contribution in [2.24, 2.45) is 0 Å². The standard InChI is InChI=1S/C24H21N5O/c1-14-7-9-16(10-8-14)17-11-21-19(22(30)12-17)13-25-23(28-21)29-24-26-15(2)18-5-3-4-6-20(18)27-24/h3-10,13,17H,11-12H2,1-2H3,(H,25,26,27,28,29). The second-order valence-electron chi connectivity index (χ2n) is 7.77. The first kappa shape index (κ1) is 18.4. The van der Waals surface area contributed by atoms with Crippen LogP contribution >= 0.6 is 0 Å². The Morgan fingerprint density at radius 1 is 0.900 bits per heavy atom. The van der Waals surface area contributed by atoms with Gasteiger partial charge >= 0.3 is 0 Å². The summed E-state index contributed by atoms with van der Waals surface area (Å²) in [5.74, 6) is 1.07. The van der Waals surface area contributed by atoms with Gasteiger partial charge in [-0.15, -0.1) is 0 Å². The zero-order valence-corrected chi connectivity index (χ0v) is 16.9. The van der Waals surface area contributed by atoms with Gasteiger partial charge in [0, 0.05) is 18.0 Å². The fourth-order valence-electron chi connectivity index (χ4n) is 3.97. The molecule has 0 bridgehead atoms. The van der Waals surface area contributed by atoms with Crippen molar-refractivity contribution < 1.29 is 4.79 Å². The highest BCUT2D eigenvalue weighted by atomic mass is 16.1. The van der Waals surface area contributed by atoms with Crippen molar-refractivity contribution in [1.29, 1.82) is 0 Å². The lowest BCUT2D eigenvalue weighted by Crippen LogP contribution is -2.21. The number of hydrogen-bond acceptors (Lipinski definition) is 6. The van der Waals surface area contributed by atoms with Crippen LogP contribution in [0, 0.1) is 13.8 Å². The van der Waals surface area contributed by atoms with Crippen LogP contribution < -0.4 is 5.32 Å². The van der Waals surface area contributed by atoms with Crippen LogP contribution in [0.4, 0.5) is 11.9 Å². The Morgan fingerprint density at radius 2 is 1.70 bits per heavy atom. The number of ketones is 1. The maximum atomic E-state index is 12.7. The molecular formula is C24H21N5O. The summed E-state index contributed by atoms with van der Waals surface area (Å²) in [5.41, 5.74) is 5.50. The molecule has 1 aliphatic carbocycles. The molecule has 0 fully saturated rings. The first-order chi connectivity index (χ1) is 14.6. The van der Waals surface area contributed by atoms with E-state index < -0.39 is 0 Å². The Bertz CT molecular complexity index is 1270. The molecule has 1 atom stereocenters. The zero-order valence-electron chi connectivity index (χ0n) is 16.9. The maximum Gasteiger partial charge on any atom is 0.230 e. The molecule has 1 unspecified atom stereocenters. The SMILES string of the molecule is Cc1ccc(C2CC(=O)c3cnc(Nc4nc(C)c5ccccc5n4)nc3C2)cc1. The monoisotopic (exact) mass is 395 g/mol. The van der Waals surface area contributed by atoms with Crippen LogP contribution in [0.5, 0.6) is 0 Å². The number of aryl methyl sites for hydroxylation is 2. The van der Waals surface area contributed by atoms with Crippen molar-refractivity contribution in [3.8, 4) is 0 Å². The van der Waals surface area contributed by atoms with Gasteiger partial charge in [0.15, 0.2) is 5.78 Å². The lowest BCUT2D eigenvalue weighted by molar-refractivity contribution is 0.0962. The van der Waals surface area contributed by atoms with E-state index in [-0.39, 0.29) is 11.7 Å². The zero-order chi connectivity index (χ0) is 20.7. The van der Waals surface area contributed by atoms with E-state index in [9.17, 15) is 4.79 Å². The molecule has 0 spiro atoms. The second-order valence-corrected chi connectivity index (χ2v) is 7.77. The van der Waals surface area contributed by atoms with E-state index in [4.69, 9.17) is 0 Å². The van der Waals surface area contributed by atoms with Crippen LogP contribution in [0.2, 0.25) is 0 Å². The number of hydrogen-bond donors (Lipinski definition) is 1. The predicted octanol–water partition coefficient (Wildman–Crippen LogP) is 4.69. The number of fused-ring (bicyclic) bond motifs is 2. The molecule has 0 saturated carbocycles. The van der Waals surface area contributed by atoms with E-state index in [0.29, 0.717) is 30.3 Å². The number of nitrogens with one attached hydrogen (secondary N) is 1. The van der Waals surface area contributed by atoms with Gasteiger partial charge in [-0.05, 0) is 37.8 Å². The van der Waals surface area contributed by atoms with Gasteiger partial charge in [0.1, 0.15) is 0 Å². The van der Waals surface area contributed by atoms with Gasteiger partial charge in [-0.25, -0.2) is 19.9 Å². The fraction of sp³-hybridized carbons (Fsp3) is 0.208. The molecule has 2 heterocycles. The molecule has 1 aliphatic rings. The van der Waals surface area contributed by atoms with E-state index in [1.165, 1.54) is 11.1 Å². The lowest BCUT2D eigenvalue weighted by atomic mass is 9.82. The van der Waals surface area contributed by atoms with E-state index in [2.05, 4.69) is 56.4 Å². The van der Waals surface area contributed by atoms with Gasteiger partial charge in [-0.3, -0.25) is 10.1 Å². The minimum Gasteiger partial charge on any atom is -0.294 e. The largest absolute Gasteiger partial charge is 0.294 e. The van der Waals surface area contributed by atoms with Crippen molar-refractivity contribution in [2.75, 3.05) is 5.32 Å². The van der Waals surface area contributed by atoms with Crippen molar-refractivity contribution in [3.63, 3.8) is 0 Å². The van der Waals surface area contributed by atoms with Crippen molar-refractivity contribution >= 4 is 28.6 Å². The average Bonchev–Trinajstić information content (AvgIpc) is 2.74. The van der Waals surface area contributed by atoms with Crippen LogP contribution in [0.15, 0.2) is 54.7 Å². The minimum atomic E-state index is 0.0891. The first-order valence-electron chi connectivity index (χ1n) is 10.0. The van der Waals surface area contributed by atoms with E-state index in [0.717, 1.165) is 22.3 Å². The third-order valence-electron chi connectivity index (χ3n) is 5.61. The molecule has 1 N–H and O–H groups in total. The summed E-state index contributed by atoms with van der Waals surface area (Å²) in [7, 11) is 0. The Kier molecular flexibility index (Phi) is 4.47. The molecule has 6 nitrogen and oxygen atoms in total. The summed E-state index contributed by atoms with van der Waals surface area (Å²) in [6.07, 6.45) is 2.81. The average molecular weight is 395 g/mol. The number of carbonyl (C=O) groups excluding carboxylic acids is 1. The highest BCUT2D eigenvalue weighted by Crippen LogP contribution is 2.32. The Morgan fingerprint density at radius 3 is 2.53 bits per heavy atom. The molecular weight excluding hydrogens is 374 g/mol. The van der Waals surface area contributed by atoms with Gasteiger partial charge in [0.25, 0.3) is 0 Å². The Labute approximate surface area is 174 Å². The number of benzene rings is 2. The number of nitrogens with zero attached hydrogens (tertiary/aromatic N) is 4.